The Morgan fingerprint density at radius 1 is 1.31 bits per heavy atom. The molecule has 0 spiro atoms. The Bertz CT molecular complexity index is 192. The molecule has 1 heterocycles. The van der Waals surface area contributed by atoms with Gasteiger partial charge in [-0.15, -0.1) is 0 Å². The fourth-order valence-corrected chi connectivity index (χ4v) is 4.09. The highest BCUT2D eigenvalue weighted by Gasteiger charge is 2.24. The standard InChI is InChI=1S/C13H26N2S/c1-2-16-13-6-5-12(8-13)15-10-11-4-3-7-14-9-11/h11-15H,2-10H2,1H3. The molecule has 16 heavy (non-hydrogen) atoms. The normalized spacial score (nSPS) is 35.4. The van der Waals surface area contributed by atoms with Crippen molar-refractivity contribution >= 4 is 11.8 Å². The molecule has 3 unspecified atom stereocenters. The Hall–Kier alpha value is 0.270. The van der Waals surface area contributed by atoms with E-state index in [2.05, 4.69) is 29.3 Å². The van der Waals surface area contributed by atoms with E-state index in [4.69, 9.17) is 0 Å². The van der Waals surface area contributed by atoms with Crippen LogP contribution in [0.3, 0.4) is 0 Å². The summed E-state index contributed by atoms with van der Waals surface area (Å²) in [5.74, 6) is 2.16. The predicted octanol–water partition coefficient (Wildman–Crippen LogP) is 2.25. The summed E-state index contributed by atoms with van der Waals surface area (Å²) in [4.78, 5) is 0. The minimum absolute atomic E-state index is 0.811. The van der Waals surface area contributed by atoms with E-state index >= 15 is 0 Å². The van der Waals surface area contributed by atoms with Crippen molar-refractivity contribution in [1.29, 1.82) is 0 Å². The Balaban J connectivity index is 1.59. The molecule has 94 valence electrons. The molecule has 0 aromatic carbocycles. The van der Waals surface area contributed by atoms with E-state index in [0.29, 0.717) is 0 Å². The molecule has 2 fully saturated rings. The first-order valence-corrected chi connectivity index (χ1v) is 7.99. The molecule has 1 aliphatic heterocycles. The van der Waals surface area contributed by atoms with Crippen LogP contribution in [0, 0.1) is 5.92 Å². The van der Waals surface area contributed by atoms with Gasteiger partial charge in [0, 0.05) is 11.3 Å². The highest BCUT2D eigenvalue weighted by Crippen LogP contribution is 2.29. The molecule has 0 amide bonds. The maximum absolute atomic E-state index is 3.79. The van der Waals surface area contributed by atoms with Gasteiger partial charge in [-0.25, -0.2) is 0 Å². The van der Waals surface area contributed by atoms with Crippen molar-refractivity contribution in [2.45, 2.75) is 50.3 Å². The number of piperidine rings is 1. The summed E-state index contributed by atoms with van der Waals surface area (Å²) in [6.07, 6.45) is 7.01. The van der Waals surface area contributed by atoms with Crippen LogP contribution >= 0.6 is 11.8 Å². The minimum Gasteiger partial charge on any atom is -0.316 e. The highest BCUT2D eigenvalue weighted by atomic mass is 32.2. The van der Waals surface area contributed by atoms with Crippen LogP contribution in [0.5, 0.6) is 0 Å². The molecule has 2 nitrogen and oxygen atoms in total. The first-order chi connectivity index (χ1) is 7.88. The van der Waals surface area contributed by atoms with E-state index in [1.807, 2.05) is 0 Å². The molecular formula is C13H26N2S. The summed E-state index contributed by atoms with van der Waals surface area (Å²) >= 11 is 2.15. The zero-order valence-corrected chi connectivity index (χ0v) is 11.3. The van der Waals surface area contributed by atoms with Gasteiger partial charge >= 0.3 is 0 Å². The van der Waals surface area contributed by atoms with Gasteiger partial charge in [-0.05, 0) is 63.4 Å². The van der Waals surface area contributed by atoms with Crippen molar-refractivity contribution in [3.05, 3.63) is 0 Å². The SMILES string of the molecule is CCSC1CCC(NCC2CCCNC2)C1. The smallest absolute Gasteiger partial charge is 0.00781 e. The van der Waals surface area contributed by atoms with Crippen molar-refractivity contribution in [2.75, 3.05) is 25.4 Å². The molecule has 3 heteroatoms. The summed E-state index contributed by atoms with van der Waals surface area (Å²) in [5, 5.41) is 8.22. The molecule has 2 rings (SSSR count). The van der Waals surface area contributed by atoms with E-state index in [1.54, 1.807) is 0 Å². The van der Waals surface area contributed by atoms with Crippen LogP contribution in [0.15, 0.2) is 0 Å². The highest BCUT2D eigenvalue weighted by molar-refractivity contribution is 7.99. The second kappa shape index (κ2) is 6.87. The van der Waals surface area contributed by atoms with Crippen molar-refractivity contribution in [3.63, 3.8) is 0 Å². The molecule has 3 atom stereocenters. The molecule has 2 aliphatic rings. The Morgan fingerprint density at radius 2 is 2.25 bits per heavy atom. The summed E-state index contributed by atoms with van der Waals surface area (Å²) < 4.78 is 0. The maximum Gasteiger partial charge on any atom is 0.00781 e. The first kappa shape index (κ1) is 12.7. The van der Waals surface area contributed by atoms with Crippen LogP contribution in [0.25, 0.3) is 0 Å². The van der Waals surface area contributed by atoms with Gasteiger partial charge in [0.05, 0.1) is 0 Å². The van der Waals surface area contributed by atoms with Gasteiger partial charge in [0.15, 0.2) is 0 Å². The molecule has 1 saturated heterocycles. The molecule has 0 bridgehead atoms. The lowest BCUT2D eigenvalue weighted by Crippen LogP contribution is -2.39. The zero-order valence-electron chi connectivity index (χ0n) is 10.5. The molecule has 2 N–H and O–H groups in total. The van der Waals surface area contributed by atoms with Gasteiger partial charge in [-0.1, -0.05) is 6.92 Å². The van der Waals surface area contributed by atoms with Crippen LogP contribution in [-0.4, -0.2) is 36.7 Å². The number of thioether (sulfide) groups is 1. The van der Waals surface area contributed by atoms with Gasteiger partial charge in [0.1, 0.15) is 0 Å². The Kier molecular flexibility index (Phi) is 5.46. The Labute approximate surface area is 104 Å². The minimum atomic E-state index is 0.811. The number of rotatable bonds is 5. The van der Waals surface area contributed by atoms with Crippen LogP contribution in [0.2, 0.25) is 0 Å². The molecular weight excluding hydrogens is 216 g/mol. The molecule has 1 aliphatic carbocycles. The lowest BCUT2D eigenvalue weighted by atomic mass is 9.99. The van der Waals surface area contributed by atoms with E-state index in [1.165, 1.54) is 57.5 Å². The average Bonchev–Trinajstić information content (AvgIpc) is 2.76. The van der Waals surface area contributed by atoms with Crippen LogP contribution in [0.4, 0.5) is 0 Å². The third kappa shape index (κ3) is 3.94. The molecule has 0 aromatic heterocycles. The average molecular weight is 242 g/mol. The second-order valence-corrected chi connectivity index (χ2v) is 6.79. The van der Waals surface area contributed by atoms with Crippen molar-refractivity contribution in [1.82, 2.24) is 10.6 Å². The third-order valence-electron chi connectivity index (χ3n) is 3.88. The van der Waals surface area contributed by atoms with Crippen LogP contribution in [0.1, 0.15) is 39.0 Å². The Morgan fingerprint density at radius 3 is 3.00 bits per heavy atom. The molecule has 0 aromatic rings. The number of hydrogen-bond acceptors (Lipinski definition) is 3. The monoisotopic (exact) mass is 242 g/mol. The lowest BCUT2D eigenvalue weighted by molar-refractivity contribution is 0.343. The van der Waals surface area contributed by atoms with Gasteiger partial charge in [-0.3, -0.25) is 0 Å². The molecule has 1 saturated carbocycles. The van der Waals surface area contributed by atoms with E-state index in [-0.39, 0.29) is 0 Å². The van der Waals surface area contributed by atoms with Gasteiger partial charge < -0.3 is 10.6 Å². The van der Waals surface area contributed by atoms with E-state index in [0.717, 1.165) is 17.2 Å². The zero-order chi connectivity index (χ0) is 11.2. The van der Waals surface area contributed by atoms with Gasteiger partial charge in [0.25, 0.3) is 0 Å². The fraction of sp³-hybridized carbons (Fsp3) is 1.00. The number of hydrogen-bond donors (Lipinski definition) is 2. The molecule has 0 radical (unpaired) electrons. The quantitative estimate of drug-likeness (QED) is 0.773. The van der Waals surface area contributed by atoms with Gasteiger partial charge in [0.2, 0.25) is 0 Å². The fourth-order valence-electron chi connectivity index (χ4n) is 2.94. The van der Waals surface area contributed by atoms with Crippen molar-refractivity contribution in [2.24, 2.45) is 5.92 Å². The largest absolute Gasteiger partial charge is 0.316 e. The topological polar surface area (TPSA) is 24.1 Å². The predicted molar refractivity (Wildman–Crippen MR) is 73.2 cm³/mol. The van der Waals surface area contributed by atoms with Gasteiger partial charge in [-0.2, -0.15) is 11.8 Å². The lowest BCUT2D eigenvalue weighted by Gasteiger charge is -2.24. The summed E-state index contributed by atoms with van der Waals surface area (Å²) in [5.41, 5.74) is 0. The maximum atomic E-state index is 3.79. The third-order valence-corrected chi connectivity index (χ3v) is 5.11. The van der Waals surface area contributed by atoms with Crippen LogP contribution in [-0.2, 0) is 0 Å². The van der Waals surface area contributed by atoms with Crippen molar-refractivity contribution in [3.8, 4) is 0 Å². The van der Waals surface area contributed by atoms with Crippen LogP contribution < -0.4 is 10.6 Å². The summed E-state index contributed by atoms with van der Waals surface area (Å²) in [6.45, 7) is 5.97. The summed E-state index contributed by atoms with van der Waals surface area (Å²) in [6, 6.07) is 0.811. The van der Waals surface area contributed by atoms with Crippen molar-refractivity contribution < 1.29 is 0 Å². The van der Waals surface area contributed by atoms with E-state index in [9.17, 15) is 0 Å². The summed E-state index contributed by atoms with van der Waals surface area (Å²) in [7, 11) is 0. The number of nitrogens with one attached hydrogen (secondary N) is 2. The first-order valence-electron chi connectivity index (χ1n) is 6.94. The second-order valence-electron chi connectivity index (χ2n) is 5.21. The van der Waals surface area contributed by atoms with E-state index < -0.39 is 0 Å².